The monoisotopic (exact) mass is 504 g/mol. The number of hydrogen-bond donors (Lipinski definition) is 1. The van der Waals surface area contributed by atoms with E-state index < -0.39 is 6.04 Å². The van der Waals surface area contributed by atoms with Gasteiger partial charge < -0.3 is 19.7 Å². The van der Waals surface area contributed by atoms with E-state index in [0.29, 0.717) is 11.5 Å². The van der Waals surface area contributed by atoms with Gasteiger partial charge in [-0.15, -0.1) is 11.3 Å². The van der Waals surface area contributed by atoms with E-state index in [2.05, 4.69) is 5.32 Å². The minimum Gasteiger partial charge on any atom is -0.454 e. The maximum absolute atomic E-state index is 13.9. The van der Waals surface area contributed by atoms with E-state index in [4.69, 9.17) is 9.47 Å². The maximum Gasteiger partial charge on any atom is 0.247 e. The Bertz CT molecular complexity index is 1190. The van der Waals surface area contributed by atoms with Gasteiger partial charge in [-0.05, 0) is 54.5 Å². The summed E-state index contributed by atoms with van der Waals surface area (Å²) >= 11 is 1.55. The number of rotatable bonds is 8. The van der Waals surface area contributed by atoms with Crippen LogP contribution in [0.4, 0.5) is 0 Å². The molecular weight excluding hydrogens is 472 g/mol. The molecular formula is C29H32N2O4S. The Labute approximate surface area is 216 Å². The summed E-state index contributed by atoms with van der Waals surface area (Å²) in [6, 6.07) is 17.0. The highest BCUT2D eigenvalue weighted by molar-refractivity contribution is 7.10. The second kappa shape index (κ2) is 11.2. The van der Waals surface area contributed by atoms with Crippen LogP contribution in [0.3, 0.4) is 0 Å². The molecule has 1 fully saturated rings. The van der Waals surface area contributed by atoms with Crippen molar-refractivity contribution in [1.29, 1.82) is 0 Å². The first-order valence-corrected chi connectivity index (χ1v) is 13.5. The number of thiophene rings is 1. The molecule has 2 amide bonds. The Balaban J connectivity index is 1.49. The number of amides is 2. The lowest BCUT2D eigenvalue weighted by Gasteiger charge is -2.33. The largest absolute Gasteiger partial charge is 0.454 e. The highest BCUT2D eigenvalue weighted by Crippen LogP contribution is 2.34. The summed E-state index contributed by atoms with van der Waals surface area (Å²) in [5.74, 6) is 1.16. The molecule has 6 nitrogen and oxygen atoms in total. The van der Waals surface area contributed by atoms with Gasteiger partial charge in [0.2, 0.25) is 18.6 Å². The van der Waals surface area contributed by atoms with E-state index in [-0.39, 0.29) is 37.6 Å². The van der Waals surface area contributed by atoms with Gasteiger partial charge in [-0.1, -0.05) is 61.2 Å². The van der Waals surface area contributed by atoms with Crippen molar-refractivity contribution in [1.82, 2.24) is 10.2 Å². The van der Waals surface area contributed by atoms with Crippen LogP contribution in [-0.4, -0.2) is 29.5 Å². The fraction of sp³-hybridized carbons (Fsp3) is 0.379. The first-order chi connectivity index (χ1) is 17.6. The van der Waals surface area contributed by atoms with Crippen molar-refractivity contribution in [2.45, 2.75) is 64.1 Å². The van der Waals surface area contributed by atoms with Gasteiger partial charge in [0.1, 0.15) is 6.04 Å². The molecule has 1 saturated carbocycles. The van der Waals surface area contributed by atoms with Crippen LogP contribution in [-0.2, 0) is 22.6 Å². The van der Waals surface area contributed by atoms with Crippen molar-refractivity contribution in [3.63, 3.8) is 0 Å². The van der Waals surface area contributed by atoms with Gasteiger partial charge in [-0.2, -0.15) is 0 Å². The maximum atomic E-state index is 13.9. The molecule has 0 saturated heterocycles. The smallest absolute Gasteiger partial charge is 0.247 e. The third-order valence-corrected chi connectivity index (χ3v) is 7.80. The molecule has 0 bridgehead atoms. The Hall–Kier alpha value is -3.32. The first kappa shape index (κ1) is 24.4. The third kappa shape index (κ3) is 5.73. The molecule has 1 aliphatic heterocycles. The predicted molar refractivity (Wildman–Crippen MR) is 140 cm³/mol. The molecule has 1 N–H and O–H groups in total. The van der Waals surface area contributed by atoms with Crippen LogP contribution >= 0.6 is 11.3 Å². The van der Waals surface area contributed by atoms with Gasteiger partial charge >= 0.3 is 0 Å². The van der Waals surface area contributed by atoms with Crippen molar-refractivity contribution >= 4 is 23.2 Å². The molecule has 3 aromatic rings. The Morgan fingerprint density at radius 1 is 1.03 bits per heavy atom. The quantitative estimate of drug-likeness (QED) is 0.437. The van der Waals surface area contributed by atoms with Crippen molar-refractivity contribution in [3.8, 4) is 11.5 Å². The number of nitrogens with one attached hydrogen (secondary N) is 1. The summed E-state index contributed by atoms with van der Waals surface area (Å²) < 4.78 is 11.0. The van der Waals surface area contributed by atoms with Gasteiger partial charge in [0.25, 0.3) is 0 Å². The number of nitrogens with zero attached hydrogens (tertiary/aromatic N) is 1. The predicted octanol–water partition coefficient (Wildman–Crippen LogP) is 5.55. The number of carbonyl (C=O) groups is 2. The first-order valence-electron chi connectivity index (χ1n) is 12.6. The standard InChI is InChI=1S/C29H32N2O4S/c1-20-9-12-22(13-10-20)28(29(33)30-23-6-3-2-4-7-23)31(27(32)17-24-8-5-15-36-24)18-21-11-14-25-26(16-21)35-19-34-25/h5,8-16,23,28H,2-4,6-7,17-19H2,1H3,(H,30,33)/t28-/m1/s1. The summed E-state index contributed by atoms with van der Waals surface area (Å²) in [5.41, 5.74) is 2.81. The second-order valence-electron chi connectivity index (χ2n) is 9.62. The van der Waals surface area contributed by atoms with E-state index in [1.54, 1.807) is 16.2 Å². The van der Waals surface area contributed by atoms with Gasteiger partial charge in [-0.3, -0.25) is 9.59 Å². The number of ether oxygens (including phenoxy) is 2. The van der Waals surface area contributed by atoms with E-state index >= 15 is 0 Å². The van der Waals surface area contributed by atoms with E-state index in [1.807, 2.05) is 66.9 Å². The van der Waals surface area contributed by atoms with Gasteiger partial charge in [0.05, 0.1) is 6.42 Å². The van der Waals surface area contributed by atoms with Crippen molar-refractivity contribution in [2.24, 2.45) is 0 Å². The minimum absolute atomic E-state index is 0.0838. The fourth-order valence-corrected chi connectivity index (χ4v) is 5.67. The lowest BCUT2D eigenvalue weighted by atomic mass is 9.94. The molecule has 1 aliphatic carbocycles. The average Bonchev–Trinajstić information content (AvgIpc) is 3.57. The highest BCUT2D eigenvalue weighted by Gasteiger charge is 2.33. The van der Waals surface area contributed by atoms with Crippen LogP contribution in [0.1, 0.15) is 59.7 Å². The Morgan fingerprint density at radius 3 is 2.56 bits per heavy atom. The summed E-state index contributed by atoms with van der Waals surface area (Å²) in [6.45, 7) is 2.50. The number of aryl methyl sites for hydroxylation is 1. The number of carbonyl (C=O) groups excluding carboxylic acids is 2. The molecule has 2 aliphatic rings. The lowest BCUT2D eigenvalue weighted by molar-refractivity contribution is -0.141. The highest BCUT2D eigenvalue weighted by atomic mass is 32.1. The zero-order chi connectivity index (χ0) is 24.9. The molecule has 1 aromatic heterocycles. The van der Waals surface area contributed by atoms with Crippen LogP contribution in [0.15, 0.2) is 60.0 Å². The van der Waals surface area contributed by atoms with Crippen LogP contribution in [0.2, 0.25) is 0 Å². The summed E-state index contributed by atoms with van der Waals surface area (Å²) in [6.07, 6.45) is 5.68. The normalized spacial score (nSPS) is 15.9. The van der Waals surface area contributed by atoms with Gasteiger partial charge in [-0.25, -0.2) is 0 Å². The molecule has 188 valence electrons. The topological polar surface area (TPSA) is 67.9 Å². The van der Waals surface area contributed by atoms with Gasteiger partial charge in [0.15, 0.2) is 11.5 Å². The van der Waals surface area contributed by atoms with Crippen molar-refractivity contribution < 1.29 is 19.1 Å². The lowest BCUT2D eigenvalue weighted by Crippen LogP contribution is -2.47. The summed E-state index contributed by atoms with van der Waals surface area (Å²) in [5, 5.41) is 5.25. The van der Waals surface area contributed by atoms with Crippen LogP contribution in [0, 0.1) is 6.92 Å². The second-order valence-corrected chi connectivity index (χ2v) is 10.7. The van der Waals surface area contributed by atoms with Crippen molar-refractivity contribution in [3.05, 3.63) is 81.5 Å². The van der Waals surface area contributed by atoms with Crippen LogP contribution in [0.25, 0.3) is 0 Å². The Morgan fingerprint density at radius 2 is 1.81 bits per heavy atom. The molecule has 0 spiro atoms. The van der Waals surface area contributed by atoms with Crippen LogP contribution < -0.4 is 14.8 Å². The molecule has 2 aromatic carbocycles. The molecule has 5 rings (SSSR count). The summed E-state index contributed by atoms with van der Waals surface area (Å²) in [7, 11) is 0. The Kier molecular flexibility index (Phi) is 7.56. The molecule has 36 heavy (non-hydrogen) atoms. The minimum atomic E-state index is -0.731. The van der Waals surface area contributed by atoms with E-state index in [1.165, 1.54) is 6.42 Å². The molecule has 1 atom stereocenters. The number of hydrogen-bond acceptors (Lipinski definition) is 5. The van der Waals surface area contributed by atoms with Gasteiger partial charge in [0, 0.05) is 17.5 Å². The SMILES string of the molecule is Cc1ccc([C@H](C(=O)NC2CCCCC2)N(Cc2ccc3c(c2)OCO3)C(=O)Cc2cccs2)cc1. The summed E-state index contributed by atoms with van der Waals surface area (Å²) in [4.78, 5) is 30.4. The van der Waals surface area contributed by atoms with Crippen molar-refractivity contribution in [2.75, 3.05) is 6.79 Å². The number of benzene rings is 2. The molecule has 2 heterocycles. The molecule has 7 heteroatoms. The molecule has 0 unspecified atom stereocenters. The fourth-order valence-electron chi connectivity index (χ4n) is 4.97. The third-order valence-electron chi connectivity index (χ3n) is 6.92. The zero-order valence-electron chi connectivity index (χ0n) is 20.6. The van der Waals surface area contributed by atoms with Crippen LogP contribution in [0.5, 0.6) is 11.5 Å². The van der Waals surface area contributed by atoms with E-state index in [9.17, 15) is 9.59 Å². The molecule has 0 radical (unpaired) electrons. The zero-order valence-corrected chi connectivity index (χ0v) is 21.4. The average molecular weight is 505 g/mol. The van der Waals surface area contributed by atoms with E-state index in [0.717, 1.165) is 47.3 Å². The number of fused-ring (bicyclic) bond motifs is 1.